The number of thiocarbonyl (C=S) groups is 1. The highest BCUT2D eigenvalue weighted by Crippen LogP contribution is 2.47. The van der Waals surface area contributed by atoms with Crippen LogP contribution in [0.1, 0.15) is 20.8 Å². The van der Waals surface area contributed by atoms with Crippen molar-refractivity contribution >= 4 is 34.7 Å². The lowest BCUT2D eigenvalue weighted by atomic mass is 9.62. The van der Waals surface area contributed by atoms with Crippen LogP contribution in [0.2, 0.25) is 0 Å². The molecule has 0 radical (unpaired) electrons. The van der Waals surface area contributed by atoms with Gasteiger partial charge in [0.15, 0.2) is 23.0 Å². The van der Waals surface area contributed by atoms with Crippen LogP contribution in [-0.4, -0.2) is 72.3 Å². The predicted octanol–water partition coefficient (Wildman–Crippen LogP) is -2.27. The van der Waals surface area contributed by atoms with E-state index in [0.717, 1.165) is 6.92 Å². The lowest BCUT2D eigenvalue weighted by Gasteiger charge is -2.55. The van der Waals surface area contributed by atoms with Crippen LogP contribution < -0.4 is 0 Å². The lowest BCUT2D eigenvalue weighted by Crippen LogP contribution is -2.86. The normalized spacial score (nSPS) is 41.4. The zero-order valence-corrected chi connectivity index (χ0v) is 12.8. The van der Waals surface area contributed by atoms with Crippen molar-refractivity contribution in [2.75, 3.05) is 6.61 Å². The van der Waals surface area contributed by atoms with Gasteiger partial charge in [0.2, 0.25) is 11.2 Å². The van der Waals surface area contributed by atoms with Crippen LogP contribution in [0, 0.1) is 0 Å². The second-order valence-corrected chi connectivity index (χ2v) is 5.23. The van der Waals surface area contributed by atoms with Crippen LogP contribution in [0.3, 0.4) is 0 Å². The Kier molecular flexibility index (Phi) is 4.54. The van der Waals surface area contributed by atoms with E-state index in [1.807, 2.05) is 0 Å². The number of carbonyl (C=O) groups excluding carboxylic acids is 3. The van der Waals surface area contributed by atoms with Crippen molar-refractivity contribution in [3.63, 3.8) is 0 Å². The Morgan fingerprint density at radius 2 is 1.45 bits per heavy atom. The molecule has 0 aromatic rings. The molecular weight excluding hydrogens is 318 g/mol. The molecule has 10 heteroatoms. The molecule has 0 amide bonds. The van der Waals surface area contributed by atoms with Crippen molar-refractivity contribution in [2.45, 2.75) is 43.5 Å². The molecule has 0 spiro atoms. The Morgan fingerprint density at radius 3 is 1.77 bits per heavy atom. The van der Waals surface area contributed by atoms with Crippen molar-refractivity contribution in [3.05, 3.63) is 0 Å². The molecule has 1 heterocycles. The fourth-order valence-corrected chi connectivity index (χ4v) is 2.63. The van der Waals surface area contributed by atoms with E-state index < -0.39 is 46.7 Å². The third kappa shape index (κ3) is 1.94. The van der Waals surface area contributed by atoms with Crippen LogP contribution >= 0.6 is 12.2 Å². The van der Waals surface area contributed by atoms with Gasteiger partial charge in [0.1, 0.15) is 0 Å². The SMILES string of the molecule is CC(=O)[C@]1(O)[C@@](O)(C(C)=O)COC(O)(N=C=S)[C@@]1(O)C(C)=O. The number of rotatable bonds is 4. The van der Waals surface area contributed by atoms with Gasteiger partial charge in [-0.2, -0.15) is 4.99 Å². The van der Waals surface area contributed by atoms with Gasteiger partial charge in [-0.3, -0.25) is 14.4 Å². The summed E-state index contributed by atoms with van der Waals surface area (Å²) in [4.78, 5) is 38.6. The first-order valence-corrected chi connectivity index (χ1v) is 6.41. The largest absolute Gasteiger partial charge is 0.376 e. The summed E-state index contributed by atoms with van der Waals surface area (Å²) in [6.45, 7) is 1.11. The molecule has 4 N–H and O–H groups in total. The van der Waals surface area contributed by atoms with Crippen molar-refractivity contribution < 1.29 is 39.5 Å². The highest BCUT2D eigenvalue weighted by Gasteiger charge is 2.80. The number of hydrogen-bond acceptors (Lipinski definition) is 10. The number of ketones is 3. The standard InChI is InChI=1S/C12H15NO8S/c1-6(14)9(17)4-21-12(20,13-5-22)11(19,8(3)16)10(9,18)7(2)15/h17-20H,4H2,1-3H3/t9-,10-,11+,12?/m0/s1. The van der Waals surface area contributed by atoms with Crippen molar-refractivity contribution in [1.29, 1.82) is 0 Å². The van der Waals surface area contributed by atoms with Gasteiger partial charge in [0, 0.05) is 0 Å². The maximum Gasteiger partial charge on any atom is 0.317 e. The Bertz CT molecular complexity index is 564. The summed E-state index contributed by atoms with van der Waals surface area (Å²) in [5.74, 6) is -7.12. The fourth-order valence-electron chi connectivity index (χ4n) is 2.51. The predicted molar refractivity (Wildman–Crippen MR) is 72.8 cm³/mol. The zero-order chi connectivity index (χ0) is 17.6. The first-order valence-electron chi connectivity index (χ1n) is 6.00. The molecule has 0 bridgehead atoms. The van der Waals surface area contributed by atoms with Crippen molar-refractivity contribution in [3.8, 4) is 0 Å². The molecule has 1 fully saturated rings. The Balaban J connectivity index is 3.89. The van der Waals surface area contributed by atoms with Crippen LogP contribution in [0.5, 0.6) is 0 Å². The van der Waals surface area contributed by atoms with E-state index in [1.54, 1.807) is 5.16 Å². The summed E-state index contributed by atoms with van der Waals surface area (Å²) in [5.41, 5.74) is -9.89. The summed E-state index contributed by atoms with van der Waals surface area (Å²) >= 11 is 4.27. The molecule has 1 aliphatic heterocycles. The van der Waals surface area contributed by atoms with E-state index in [4.69, 9.17) is 4.74 Å². The topological polar surface area (TPSA) is 154 Å². The zero-order valence-electron chi connectivity index (χ0n) is 12.0. The molecule has 9 nitrogen and oxygen atoms in total. The average Bonchev–Trinajstić information content (AvgIpc) is 2.40. The maximum absolute atomic E-state index is 11.9. The Morgan fingerprint density at radius 1 is 1.00 bits per heavy atom. The Labute approximate surface area is 130 Å². The monoisotopic (exact) mass is 333 g/mol. The molecule has 122 valence electrons. The number of aliphatic hydroxyl groups is 4. The number of isothiocyanates is 1. The van der Waals surface area contributed by atoms with Gasteiger partial charge >= 0.3 is 5.91 Å². The molecule has 1 rings (SSSR count). The maximum atomic E-state index is 11.9. The van der Waals surface area contributed by atoms with Gasteiger partial charge in [0.05, 0.1) is 11.8 Å². The molecule has 0 aliphatic carbocycles. The number of hydrogen-bond donors (Lipinski definition) is 4. The number of ether oxygens (including phenoxy) is 1. The van der Waals surface area contributed by atoms with Gasteiger partial charge in [0.25, 0.3) is 0 Å². The molecule has 0 aromatic heterocycles. The summed E-state index contributed by atoms with van der Waals surface area (Å²) in [6.07, 6.45) is 0. The van der Waals surface area contributed by atoms with Gasteiger partial charge in [-0.25, -0.2) is 0 Å². The lowest BCUT2D eigenvalue weighted by molar-refractivity contribution is -0.380. The molecular formula is C12H15NO8S. The molecule has 4 atom stereocenters. The highest BCUT2D eigenvalue weighted by molar-refractivity contribution is 7.78. The minimum Gasteiger partial charge on any atom is -0.376 e. The van der Waals surface area contributed by atoms with Crippen LogP contribution in [-0.2, 0) is 19.1 Å². The van der Waals surface area contributed by atoms with Crippen LogP contribution in [0.15, 0.2) is 4.99 Å². The van der Waals surface area contributed by atoms with Gasteiger partial charge in [-0.15, -0.1) is 0 Å². The second-order valence-electron chi connectivity index (χ2n) is 5.05. The van der Waals surface area contributed by atoms with Crippen LogP contribution in [0.25, 0.3) is 0 Å². The third-order valence-corrected chi connectivity index (χ3v) is 3.97. The summed E-state index contributed by atoms with van der Waals surface area (Å²) in [7, 11) is 0. The molecule has 1 aliphatic rings. The van der Waals surface area contributed by atoms with E-state index in [-0.39, 0.29) is 0 Å². The second kappa shape index (κ2) is 5.36. The van der Waals surface area contributed by atoms with Crippen molar-refractivity contribution in [2.24, 2.45) is 4.99 Å². The first kappa shape index (κ1) is 18.7. The van der Waals surface area contributed by atoms with Gasteiger partial charge in [-0.05, 0) is 33.0 Å². The minimum absolute atomic E-state index is 0.701. The number of Topliss-reactive ketones (excluding diaryl/α,β-unsaturated/α-hetero) is 3. The molecule has 0 saturated carbocycles. The third-order valence-electron chi connectivity index (χ3n) is 3.87. The molecule has 1 saturated heterocycles. The van der Waals surface area contributed by atoms with E-state index in [2.05, 4.69) is 17.2 Å². The summed E-state index contributed by atoms with van der Waals surface area (Å²) in [5, 5.41) is 43.5. The van der Waals surface area contributed by atoms with Gasteiger partial charge < -0.3 is 25.2 Å². The Hall–Kier alpha value is -1.39. The average molecular weight is 333 g/mol. The smallest absolute Gasteiger partial charge is 0.317 e. The summed E-state index contributed by atoms with van der Waals surface area (Å²) < 4.78 is 4.71. The summed E-state index contributed by atoms with van der Waals surface area (Å²) in [6, 6.07) is 0. The van der Waals surface area contributed by atoms with Gasteiger partial charge in [-0.1, -0.05) is 0 Å². The quantitative estimate of drug-likeness (QED) is 0.329. The van der Waals surface area contributed by atoms with E-state index >= 15 is 0 Å². The first-order chi connectivity index (χ1) is 9.85. The van der Waals surface area contributed by atoms with Crippen molar-refractivity contribution in [1.82, 2.24) is 0 Å². The molecule has 22 heavy (non-hydrogen) atoms. The highest BCUT2D eigenvalue weighted by atomic mass is 32.1. The van der Waals surface area contributed by atoms with E-state index in [1.165, 1.54) is 0 Å². The molecule has 1 unspecified atom stereocenters. The minimum atomic E-state index is -3.49. The fraction of sp³-hybridized carbons (Fsp3) is 0.667. The van der Waals surface area contributed by atoms with E-state index in [9.17, 15) is 34.8 Å². The van der Waals surface area contributed by atoms with E-state index in [0.29, 0.717) is 13.8 Å². The molecule has 0 aromatic carbocycles. The number of nitrogens with zero attached hydrogens (tertiary/aromatic N) is 1. The number of aliphatic imine (C=N–C) groups is 1. The number of carbonyl (C=O) groups is 3. The van der Waals surface area contributed by atoms with Crippen LogP contribution in [0.4, 0.5) is 0 Å².